The highest BCUT2D eigenvalue weighted by atomic mass is 19.2. The van der Waals surface area contributed by atoms with Crippen molar-refractivity contribution in [1.29, 1.82) is 0 Å². The van der Waals surface area contributed by atoms with Gasteiger partial charge in [0.15, 0.2) is 5.82 Å². The van der Waals surface area contributed by atoms with Gasteiger partial charge in [0, 0.05) is 37.1 Å². The second-order valence-electron chi connectivity index (χ2n) is 5.10. The SMILES string of the molecule is COc1cc2ncnc(NF)c2cc1N1CCNC[C@@H]1C. The molecule has 1 aliphatic heterocycles. The number of ether oxygens (including phenoxy) is 1. The van der Waals surface area contributed by atoms with E-state index in [0.717, 1.165) is 31.1 Å². The maximum atomic E-state index is 12.9. The number of piperazine rings is 1. The van der Waals surface area contributed by atoms with E-state index >= 15 is 0 Å². The molecule has 3 rings (SSSR count). The van der Waals surface area contributed by atoms with Gasteiger partial charge in [-0.05, 0) is 13.0 Å². The first-order chi connectivity index (χ1) is 10.2. The van der Waals surface area contributed by atoms with Gasteiger partial charge in [-0.25, -0.2) is 15.5 Å². The highest BCUT2D eigenvalue weighted by Crippen LogP contribution is 2.35. The van der Waals surface area contributed by atoms with Gasteiger partial charge in [0.05, 0.1) is 18.3 Å². The van der Waals surface area contributed by atoms with E-state index in [9.17, 15) is 4.48 Å². The molecule has 112 valence electrons. The fourth-order valence-corrected chi connectivity index (χ4v) is 2.73. The fourth-order valence-electron chi connectivity index (χ4n) is 2.73. The summed E-state index contributed by atoms with van der Waals surface area (Å²) >= 11 is 0. The van der Waals surface area contributed by atoms with Crippen molar-refractivity contribution in [2.75, 3.05) is 37.2 Å². The van der Waals surface area contributed by atoms with E-state index in [1.165, 1.54) is 6.33 Å². The molecule has 1 aromatic heterocycles. The van der Waals surface area contributed by atoms with Crippen LogP contribution in [0.2, 0.25) is 0 Å². The minimum Gasteiger partial charge on any atom is -0.495 e. The van der Waals surface area contributed by atoms with Crippen LogP contribution < -0.4 is 20.5 Å². The zero-order chi connectivity index (χ0) is 14.8. The van der Waals surface area contributed by atoms with Crippen LogP contribution in [0.25, 0.3) is 10.9 Å². The number of hydrogen-bond acceptors (Lipinski definition) is 6. The zero-order valence-corrected chi connectivity index (χ0v) is 12.1. The Morgan fingerprint density at radius 3 is 3.00 bits per heavy atom. The predicted molar refractivity (Wildman–Crippen MR) is 80.5 cm³/mol. The quantitative estimate of drug-likeness (QED) is 0.840. The molecule has 0 bridgehead atoms. The van der Waals surface area contributed by atoms with E-state index in [-0.39, 0.29) is 5.82 Å². The lowest BCUT2D eigenvalue weighted by Gasteiger charge is -2.36. The summed E-state index contributed by atoms with van der Waals surface area (Å²) in [6.45, 7) is 4.83. The molecule has 0 radical (unpaired) electrons. The standard InChI is InChI=1S/C14H18FN5O/c1-9-7-16-3-4-20(9)12-5-10-11(6-13(12)21-2)17-8-18-14(10)19-15/h5-6,8-9,16H,3-4,7H2,1-2H3,(H,17,18,19)/t9-/m0/s1. The number of halogens is 1. The minimum atomic E-state index is 0.173. The van der Waals surface area contributed by atoms with Crippen LogP contribution in [-0.4, -0.2) is 42.8 Å². The molecule has 1 fully saturated rings. The van der Waals surface area contributed by atoms with Crippen molar-refractivity contribution in [2.45, 2.75) is 13.0 Å². The van der Waals surface area contributed by atoms with Crippen LogP contribution in [0.4, 0.5) is 16.0 Å². The van der Waals surface area contributed by atoms with Crippen LogP contribution in [0.5, 0.6) is 5.75 Å². The summed E-state index contributed by atoms with van der Waals surface area (Å²) in [4.78, 5) is 10.3. The third kappa shape index (κ3) is 2.44. The molecule has 0 unspecified atom stereocenters. The van der Waals surface area contributed by atoms with Crippen LogP contribution in [0.1, 0.15) is 6.92 Å². The number of anilines is 2. The van der Waals surface area contributed by atoms with E-state index in [4.69, 9.17) is 4.74 Å². The lowest BCUT2D eigenvalue weighted by molar-refractivity contribution is 0.409. The Balaban J connectivity index is 2.15. The number of rotatable bonds is 3. The Morgan fingerprint density at radius 1 is 1.43 bits per heavy atom. The zero-order valence-electron chi connectivity index (χ0n) is 12.1. The fraction of sp³-hybridized carbons (Fsp3) is 0.429. The van der Waals surface area contributed by atoms with Crippen molar-refractivity contribution in [3.05, 3.63) is 18.5 Å². The summed E-state index contributed by atoms with van der Waals surface area (Å²) < 4.78 is 18.4. The number of nitrogens with one attached hydrogen (secondary N) is 2. The van der Waals surface area contributed by atoms with Gasteiger partial charge in [0.1, 0.15) is 12.1 Å². The van der Waals surface area contributed by atoms with Crippen LogP contribution in [-0.2, 0) is 0 Å². The Bertz CT molecular complexity index is 651. The van der Waals surface area contributed by atoms with E-state index in [1.54, 1.807) is 12.6 Å². The van der Waals surface area contributed by atoms with Crippen molar-refractivity contribution in [3.8, 4) is 5.75 Å². The topological polar surface area (TPSA) is 62.3 Å². The Morgan fingerprint density at radius 2 is 2.29 bits per heavy atom. The third-order valence-corrected chi connectivity index (χ3v) is 3.84. The lowest BCUT2D eigenvalue weighted by atomic mass is 10.1. The maximum Gasteiger partial charge on any atom is 0.165 e. The first-order valence-electron chi connectivity index (χ1n) is 6.91. The average molecular weight is 291 g/mol. The van der Waals surface area contributed by atoms with Crippen molar-refractivity contribution >= 4 is 22.4 Å². The van der Waals surface area contributed by atoms with E-state index in [1.807, 2.05) is 12.1 Å². The maximum absolute atomic E-state index is 12.9. The smallest absolute Gasteiger partial charge is 0.165 e. The molecular weight excluding hydrogens is 273 g/mol. The van der Waals surface area contributed by atoms with Crippen LogP contribution in [0.15, 0.2) is 18.5 Å². The molecule has 0 spiro atoms. The molecule has 7 heteroatoms. The second kappa shape index (κ2) is 5.69. The summed E-state index contributed by atoms with van der Waals surface area (Å²) in [6, 6.07) is 4.04. The molecular formula is C14H18FN5O. The normalized spacial score (nSPS) is 18.8. The largest absolute Gasteiger partial charge is 0.495 e. The number of aromatic nitrogens is 2. The van der Waals surface area contributed by atoms with Crippen LogP contribution in [0.3, 0.4) is 0 Å². The molecule has 0 amide bonds. The van der Waals surface area contributed by atoms with Gasteiger partial charge in [0.25, 0.3) is 0 Å². The number of methoxy groups -OCH3 is 1. The van der Waals surface area contributed by atoms with Gasteiger partial charge in [-0.1, -0.05) is 0 Å². The second-order valence-corrected chi connectivity index (χ2v) is 5.10. The predicted octanol–water partition coefficient (Wildman–Crippen LogP) is 1.73. The van der Waals surface area contributed by atoms with Gasteiger partial charge in [-0.2, -0.15) is 0 Å². The number of benzene rings is 1. The molecule has 2 aromatic rings. The van der Waals surface area contributed by atoms with E-state index in [2.05, 4.69) is 27.1 Å². The summed E-state index contributed by atoms with van der Waals surface area (Å²) in [5.74, 6) is 0.909. The third-order valence-electron chi connectivity index (χ3n) is 3.84. The number of nitrogens with zero attached hydrogens (tertiary/aromatic N) is 3. The van der Waals surface area contributed by atoms with Gasteiger partial charge in [-0.3, -0.25) is 0 Å². The Kier molecular flexibility index (Phi) is 3.74. The first kappa shape index (κ1) is 13.8. The monoisotopic (exact) mass is 291 g/mol. The number of hydrogen-bond donors (Lipinski definition) is 2. The van der Waals surface area contributed by atoms with Gasteiger partial charge >= 0.3 is 0 Å². The van der Waals surface area contributed by atoms with Crippen LogP contribution in [0, 0.1) is 0 Å². The molecule has 2 N–H and O–H groups in total. The van der Waals surface area contributed by atoms with E-state index < -0.39 is 0 Å². The Labute approximate surface area is 122 Å². The van der Waals surface area contributed by atoms with Gasteiger partial charge in [-0.15, -0.1) is 4.48 Å². The highest BCUT2D eigenvalue weighted by Gasteiger charge is 2.22. The molecule has 0 saturated carbocycles. The van der Waals surface area contributed by atoms with Crippen molar-refractivity contribution in [2.24, 2.45) is 0 Å². The van der Waals surface area contributed by atoms with Crippen LogP contribution >= 0.6 is 0 Å². The van der Waals surface area contributed by atoms with Crippen molar-refractivity contribution < 1.29 is 9.22 Å². The molecule has 1 aliphatic rings. The summed E-state index contributed by atoms with van der Waals surface area (Å²) in [5, 5.41) is 3.99. The molecule has 6 nitrogen and oxygen atoms in total. The van der Waals surface area contributed by atoms with Gasteiger partial charge in [0.2, 0.25) is 0 Å². The minimum absolute atomic E-state index is 0.173. The lowest BCUT2D eigenvalue weighted by Crippen LogP contribution is -2.50. The molecule has 1 atom stereocenters. The first-order valence-corrected chi connectivity index (χ1v) is 6.91. The summed E-state index contributed by atoms with van der Waals surface area (Å²) in [5.41, 5.74) is 3.21. The molecule has 0 aliphatic carbocycles. The molecule has 1 saturated heterocycles. The molecule has 2 heterocycles. The molecule has 21 heavy (non-hydrogen) atoms. The number of fused-ring (bicyclic) bond motifs is 1. The summed E-state index contributed by atoms with van der Waals surface area (Å²) in [6.07, 6.45) is 1.33. The van der Waals surface area contributed by atoms with Gasteiger partial charge < -0.3 is 15.0 Å². The summed E-state index contributed by atoms with van der Waals surface area (Å²) in [7, 11) is 1.63. The highest BCUT2D eigenvalue weighted by molar-refractivity contribution is 5.93. The molecule has 1 aromatic carbocycles. The average Bonchev–Trinajstić information content (AvgIpc) is 2.53. The Hall–Kier alpha value is -2.15. The van der Waals surface area contributed by atoms with E-state index in [0.29, 0.717) is 16.9 Å². The van der Waals surface area contributed by atoms with Crippen molar-refractivity contribution in [3.63, 3.8) is 0 Å². The van der Waals surface area contributed by atoms with Crippen molar-refractivity contribution in [1.82, 2.24) is 15.3 Å².